The fraction of sp³-hybridized carbons (Fsp3) is 0.625. The third-order valence-corrected chi connectivity index (χ3v) is 7.13. The van der Waals surface area contributed by atoms with Gasteiger partial charge in [0.2, 0.25) is 0 Å². The largest absolute Gasteiger partial charge is 0.374 e. The Labute approximate surface area is 136 Å². The molecule has 0 bridgehead atoms. The molecular formula is C16H23NO3S2. The molecule has 3 rings (SSSR count). The summed E-state index contributed by atoms with van der Waals surface area (Å²) >= 11 is 1.74. The second-order valence-electron chi connectivity index (χ2n) is 6.29. The molecule has 0 aromatic heterocycles. The van der Waals surface area contributed by atoms with Crippen LogP contribution >= 0.6 is 11.8 Å². The number of hydrogen-bond donors (Lipinski definition) is 1. The summed E-state index contributed by atoms with van der Waals surface area (Å²) in [5, 5.41) is 3.57. The van der Waals surface area contributed by atoms with Gasteiger partial charge in [0.1, 0.15) is 0 Å². The molecule has 0 unspecified atom stereocenters. The standard InChI is InChI=1S/C16H23NO3S2/c1-21-15-4-2-13(3-5-15)11-17-14-6-8-20-16(10-14)7-9-22(18,19)12-16/h2-5,14,17H,6-12H2,1H3/t14-,16+/m1/s1. The van der Waals surface area contributed by atoms with Crippen LogP contribution in [0.4, 0.5) is 0 Å². The molecule has 1 N–H and O–H groups in total. The molecule has 2 atom stereocenters. The van der Waals surface area contributed by atoms with Crippen molar-refractivity contribution < 1.29 is 13.2 Å². The molecule has 1 aromatic carbocycles. The van der Waals surface area contributed by atoms with Crippen LogP contribution in [0.25, 0.3) is 0 Å². The molecule has 122 valence electrons. The first-order valence-corrected chi connectivity index (χ1v) is 10.8. The van der Waals surface area contributed by atoms with Crippen molar-refractivity contribution in [3.05, 3.63) is 29.8 Å². The van der Waals surface area contributed by atoms with Crippen LogP contribution in [0.5, 0.6) is 0 Å². The first kappa shape index (κ1) is 16.3. The van der Waals surface area contributed by atoms with Crippen LogP contribution in [0, 0.1) is 0 Å². The third-order valence-electron chi connectivity index (χ3n) is 4.60. The van der Waals surface area contributed by atoms with Gasteiger partial charge in [-0.1, -0.05) is 12.1 Å². The van der Waals surface area contributed by atoms with Crippen molar-refractivity contribution in [3.8, 4) is 0 Å². The number of sulfone groups is 1. The van der Waals surface area contributed by atoms with Crippen LogP contribution in [0.3, 0.4) is 0 Å². The Morgan fingerprint density at radius 3 is 2.77 bits per heavy atom. The highest BCUT2D eigenvalue weighted by atomic mass is 32.2. The second kappa shape index (κ2) is 6.51. The van der Waals surface area contributed by atoms with E-state index in [4.69, 9.17) is 4.74 Å². The van der Waals surface area contributed by atoms with Gasteiger partial charge in [-0.25, -0.2) is 8.42 Å². The van der Waals surface area contributed by atoms with E-state index in [0.717, 1.165) is 19.4 Å². The topological polar surface area (TPSA) is 55.4 Å². The number of rotatable bonds is 4. The van der Waals surface area contributed by atoms with E-state index in [1.165, 1.54) is 10.5 Å². The summed E-state index contributed by atoms with van der Waals surface area (Å²) in [6.45, 7) is 1.47. The van der Waals surface area contributed by atoms with E-state index in [1.807, 2.05) is 0 Å². The zero-order valence-corrected chi connectivity index (χ0v) is 14.5. The van der Waals surface area contributed by atoms with E-state index in [1.54, 1.807) is 11.8 Å². The minimum absolute atomic E-state index is 0.195. The predicted octanol–water partition coefficient (Wildman–Crippen LogP) is 2.23. The summed E-state index contributed by atoms with van der Waals surface area (Å²) in [6, 6.07) is 8.90. The van der Waals surface area contributed by atoms with Crippen LogP contribution in [-0.4, -0.2) is 44.4 Å². The van der Waals surface area contributed by atoms with Crippen molar-refractivity contribution >= 4 is 21.6 Å². The summed E-state index contributed by atoms with van der Waals surface area (Å²) in [4.78, 5) is 1.27. The van der Waals surface area contributed by atoms with Crippen molar-refractivity contribution in [3.63, 3.8) is 0 Å². The highest BCUT2D eigenvalue weighted by molar-refractivity contribution is 7.98. The SMILES string of the molecule is CSc1ccc(CN[C@@H]2CCO[C@@]3(CCS(=O)(=O)C3)C2)cc1. The Morgan fingerprint density at radius 2 is 2.14 bits per heavy atom. The molecular weight excluding hydrogens is 318 g/mol. The minimum Gasteiger partial charge on any atom is -0.374 e. The predicted molar refractivity (Wildman–Crippen MR) is 90.0 cm³/mol. The Bertz CT molecular complexity index is 615. The number of nitrogens with one attached hydrogen (secondary N) is 1. The fourth-order valence-corrected chi connectivity index (χ4v) is 5.75. The van der Waals surface area contributed by atoms with E-state index in [0.29, 0.717) is 19.1 Å². The van der Waals surface area contributed by atoms with Crippen LogP contribution in [0.1, 0.15) is 24.8 Å². The van der Waals surface area contributed by atoms with Crippen LogP contribution in [0.2, 0.25) is 0 Å². The lowest BCUT2D eigenvalue weighted by atomic mass is 9.90. The Morgan fingerprint density at radius 1 is 1.36 bits per heavy atom. The molecule has 0 saturated carbocycles. The molecule has 1 aromatic rings. The molecule has 2 aliphatic heterocycles. The van der Waals surface area contributed by atoms with Gasteiger partial charge < -0.3 is 10.1 Å². The molecule has 0 radical (unpaired) electrons. The van der Waals surface area contributed by atoms with Gasteiger partial charge in [0.25, 0.3) is 0 Å². The minimum atomic E-state index is -2.91. The Hall–Kier alpha value is -0.560. The van der Waals surface area contributed by atoms with E-state index in [-0.39, 0.29) is 11.5 Å². The molecule has 22 heavy (non-hydrogen) atoms. The van der Waals surface area contributed by atoms with Gasteiger partial charge in [-0.2, -0.15) is 0 Å². The Balaban J connectivity index is 1.56. The lowest BCUT2D eigenvalue weighted by Gasteiger charge is -2.37. The van der Waals surface area contributed by atoms with Gasteiger partial charge in [0.15, 0.2) is 9.84 Å². The van der Waals surface area contributed by atoms with Gasteiger partial charge in [0, 0.05) is 24.1 Å². The lowest BCUT2D eigenvalue weighted by Crippen LogP contribution is -2.47. The van der Waals surface area contributed by atoms with Gasteiger partial charge in [-0.15, -0.1) is 11.8 Å². The third kappa shape index (κ3) is 3.85. The monoisotopic (exact) mass is 341 g/mol. The Kier molecular flexibility index (Phi) is 4.83. The smallest absolute Gasteiger partial charge is 0.153 e. The van der Waals surface area contributed by atoms with Crippen molar-refractivity contribution in [2.75, 3.05) is 24.4 Å². The summed E-state index contributed by atoms with van der Waals surface area (Å²) in [6.07, 6.45) is 4.47. The van der Waals surface area contributed by atoms with Crippen LogP contribution in [-0.2, 0) is 21.1 Å². The number of benzene rings is 1. The molecule has 2 fully saturated rings. The molecule has 1 spiro atoms. The van der Waals surface area contributed by atoms with E-state index in [2.05, 4.69) is 35.8 Å². The van der Waals surface area contributed by atoms with Gasteiger partial charge >= 0.3 is 0 Å². The average Bonchev–Trinajstić information content (AvgIpc) is 2.80. The van der Waals surface area contributed by atoms with Crippen molar-refractivity contribution in [2.45, 2.75) is 42.3 Å². The van der Waals surface area contributed by atoms with Gasteiger partial charge in [-0.3, -0.25) is 0 Å². The van der Waals surface area contributed by atoms with Gasteiger partial charge in [-0.05, 0) is 43.2 Å². The zero-order chi connectivity index (χ0) is 15.6. The van der Waals surface area contributed by atoms with Crippen molar-refractivity contribution in [1.82, 2.24) is 5.32 Å². The maximum absolute atomic E-state index is 11.7. The first-order chi connectivity index (χ1) is 10.5. The quantitative estimate of drug-likeness (QED) is 0.851. The van der Waals surface area contributed by atoms with E-state index < -0.39 is 15.4 Å². The fourth-order valence-electron chi connectivity index (χ4n) is 3.37. The molecule has 0 amide bonds. The number of ether oxygens (including phenoxy) is 1. The number of thioether (sulfide) groups is 1. The summed E-state index contributed by atoms with van der Waals surface area (Å²) in [7, 11) is -2.91. The summed E-state index contributed by atoms with van der Waals surface area (Å²) in [5.41, 5.74) is 0.828. The maximum atomic E-state index is 11.7. The number of hydrogen-bond acceptors (Lipinski definition) is 5. The maximum Gasteiger partial charge on any atom is 0.153 e. The summed E-state index contributed by atoms with van der Waals surface area (Å²) < 4.78 is 29.3. The normalized spacial score (nSPS) is 30.7. The van der Waals surface area contributed by atoms with Crippen molar-refractivity contribution in [2.24, 2.45) is 0 Å². The second-order valence-corrected chi connectivity index (χ2v) is 9.36. The molecule has 6 heteroatoms. The van der Waals surface area contributed by atoms with Gasteiger partial charge in [0.05, 0.1) is 17.1 Å². The average molecular weight is 341 g/mol. The van der Waals surface area contributed by atoms with Crippen LogP contribution < -0.4 is 5.32 Å². The van der Waals surface area contributed by atoms with Crippen LogP contribution in [0.15, 0.2) is 29.2 Å². The highest BCUT2D eigenvalue weighted by Crippen LogP contribution is 2.35. The molecule has 4 nitrogen and oxygen atoms in total. The van der Waals surface area contributed by atoms with E-state index >= 15 is 0 Å². The first-order valence-electron chi connectivity index (χ1n) is 7.71. The molecule has 0 aliphatic carbocycles. The highest BCUT2D eigenvalue weighted by Gasteiger charge is 2.46. The zero-order valence-electron chi connectivity index (χ0n) is 12.9. The van der Waals surface area contributed by atoms with Crippen molar-refractivity contribution in [1.29, 1.82) is 0 Å². The molecule has 2 heterocycles. The summed E-state index contributed by atoms with van der Waals surface area (Å²) in [5.74, 6) is 0.469. The molecule has 2 saturated heterocycles. The van der Waals surface area contributed by atoms with E-state index in [9.17, 15) is 8.42 Å². The lowest BCUT2D eigenvalue weighted by molar-refractivity contribution is -0.0705. The molecule has 2 aliphatic rings.